The Morgan fingerprint density at radius 2 is 1.74 bits per heavy atom. The topological polar surface area (TPSA) is 55.1 Å². The van der Waals surface area contributed by atoms with Gasteiger partial charge in [0.05, 0.1) is 26.2 Å². The van der Waals surface area contributed by atoms with E-state index in [1.807, 2.05) is 24.3 Å². The highest BCUT2D eigenvalue weighted by atomic mass is 35.5. The second-order valence-electron chi connectivity index (χ2n) is 5.74. The molecule has 0 spiro atoms. The zero-order chi connectivity index (χ0) is 19.0. The molecule has 4 aromatic rings. The molecule has 4 rings (SSSR count). The summed E-state index contributed by atoms with van der Waals surface area (Å²) in [5, 5.41) is 3.76. The fraction of sp³-hybridized carbons (Fsp3) is 0. The summed E-state index contributed by atoms with van der Waals surface area (Å²) in [5.74, 6) is -0.00794. The zero-order valence-corrected chi connectivity index (χ0v) is 15.9. The number of carbonyl (C=O) groups excluding carboxylic acids is 1. The first-order valence-corrected chi connectivity index (χ1v) is 9.07. The Kier molecular flexibility index (Phi) is 4.79. The molecule has 3 aromatic carbocycles. The Balaban J connectivity index is 1.68. The van der Waals surface area contributed by atoms with Crippen molar-refractivity contribution in [2.45, 2.75) is 0 Å². The molecule has 0 aliphatic heterocycles. The maximum atomic E-state index is 12.5. The van der Waals surface area contributed by atoms with E-state index in [1.165, 1.54) is 0 Å². The molecule has 0 unspecified atom stereocenters. The van der Waals surface area contributed by atoms with Gasteiger partial charge in [0, 0.05) is 5.69 Å². The van der Waals surface area contributed by atoms with Gasteiger partial charge in [-0.15, -0.1) is 0 Å². The summed E-state index contributed by atoms with van der Waals surface area (Å²) in [7, 11) is 0. The van der Waals surface area contributed by atoms with Gasteiger partial charge in [-0.3, -0.25) is 4.79 Å². The minimum Gasteiger partial charge on any atom is -0.436 e. The van der Waals surface area contributed by atoms with Crippen molar-refractivity contribution in [2.75, 3.05) is 5.32 Å². The quantitative estimate of drug-likeness (QED) is 0.403. The monoisotopic (exact) mass is 416 g/mol. The molecule has 4 nitrogen and oxygen atoms in total. The Morgan fingerprint density at radius 1 is 0.926 bits per heavy atom. The van der Waals surface area contributed by atoms with E-state index in [4.69, 9.17) is 39.2 Å². The number of carbonyl (C=O) groups is 1. The lowest BCUT2D eigenvalue weighted by atomic mass is 10.1. The number of fused-ring (bicyclic) bond motifs is 1. The third-order valence-corrected chi connectivity index (χ3v) is 5.09. The van der Waals surface area contributed by atoms with Crippen LogP contribution < -0.4 is 5.32 Å². The van der Waals surface area contributed by atoms with Crippen molar-refractivity contribution in [2.24, 2.45) is 0 Å². The number of nitrogens with zero attached hydrogens (tertiary/aromatic N) is 1. The summed E-state index contributed by atoms with van der Waals surface area (Å²) >= 11 is 18.4. The number of hydrogen-bond acceptors (Lipinski definition) is 3. The van der Waals surface area contributed by atoms with Gasteiger partial charge in [0.25, 0.3) is 5.91 Å². The molecule has 1 amide bonds. The zero-order valence-electron chi connectivity index (χ0n) is 13.7. The van der Waals surface area contributed by atoms with Gasteiger partial charge in [0.1, 0.15) is 5.52 Å². The smallest absolute Gasteiger partial charge is 0.257 e. The highest BCUT2D eigenvalue weighted by Crippen LogP contribution is 2.33. The van der Waals surface area contributed by atoms with Crippen LogP contribution in [0.5, 0.6) is 0 Å². The predicted molar refractivity (Wildman–Crippen MR) is 109 cm³/mol. The second kappa shape index (κ2) is 7.24. The Hall–Kier alpha value is -2.53. The predicted octanol–water partition coefficient (Wildman–Crippen LogP) is 6.71. The summed E-state index contributed by atoms with van der Waals surface area (Å²) in [6.45, 7) is 0. The summed E-state index contributed by atoms with van der Waals surface area (Å²) in [5.41, 5.74) is 2.76. The van der Waals surface area contributed by atoms with Gasteiger partial charge < -0.3 is 9.73 Å². The molecule has 134 valence electrons. The van der Waals surface area contributed by atoms with Crippen LogP contribution in [0.4, 0.5) is 5.69 Å². The molecule has 1 heterocycles. The maximum absolute atomic E-state index is 12.5. The van der Waals surface area contributed by atoms with Gasteiger partial charge in [-0.1, -0.05) is 53.0 Å². The van der Waals surface area contributed by atoms with Gasteiger partial charge in [0.15, 0.2) is 5.58 Å². The second-order valence-corrected chi connectivity index (χ2v) is 6.93. The number of anilines is 1. The van der Waals surface area contributed by atoms with E-state index in [-0.39, 0.29) is 16.5 Å². The number of amides is 1. The van der Waals surface area contributed by atoms with E-state index in [9.17, 15) is 4.79 Å². The molecule has 1 aromatic heterocycles. The normalized spacial score (nSPS) is 10.9. The van der Waals surface area contributed by atoms with Crippen molar-refractivity contribution in [3.8, 4) is 11.5 Å². The molecular weight excluding hydrogens is 407 g/mol. The van der Waals surface area contributed by atoms with Crippen molar-refractivity contribution < 1.29 is 9.21 Å². The summed E-state index contributed by atoms with van der Waals surface area (Å²) in [6.07, 6.45) is 0. The maximum Gasteiger partial charge on any atom is 0.257 e. The van der Waals surface area contributed by atoms with Gasteiger partial charge in [0.2, 0.25) is 5.89 Å². The number of benzene rings is 3. The average molecular weight is 418 g/mol. The molecule has 1 N–H and O–H groups in total. The fourth-order valence-corrected chi connectivity index (χ4v) is 3.22. The Labute approximate surface area is 169 Å². The molecule has 27 heavy (non-hydrogen) atoms. The number of oxazole rings is 1. The van der Waals surface area contributed by atoms with E-state index in [2.05, 4.69) is 10.3 Å². The largest absolute Gasteiger partial charge is 0.436 e. The molecule has 0 atom stereocenters. The number of halogens is 3. The number of rotatable bonds is 3. The number of para-hydroxylation sites is 2. The van der Waals surface area contributed by atoms with Crippen LogP contribution in [0, 0.1) is 0 Å². The lowest BCUT2D eigenvalue weighted by Crippen LogP contribution is -2.12. The molecule has 0 saturated heterocycles. The molecule has 0 radical (unpaired) electrons. The van der Waals surface area contributed by atoms with E-state index in [1.54, 1.807) is 36.4 Å². The van der Waals surface area contributed by atoms with Crippen LogP contribution in [0.25, 0.3) is 22.6 Å². The van der Waals surface area contributed by atoms with Gasteiger partial charge in [-0.2, -0.15) is 0 Å². The first kappa shape index (κ1) is 17.9. The van der Waals surface area contributed by atoms with Crippen molar-refractivity contribution in [1.29, 1.82) is 0 Å². The van der Waals surface area contributed by atoms with Crippen LogP contribution >= 0.6 is 34.8 Å². The van der Waals surface area contributed by atoms with Crippen LogP contribution in [0.3, 0.4) is 0 Å². The summed E-state index contributed by atoms with van der Waals surface area (Å²) in [6, 6.07) is 17.3. The van der Waals surface area contributed by atoms with Crippen LogP contribution in [0.2, 0.25) is 15.1 Å². The molecule has 7 heteroatoms. The van der Waals surface area contributed by atoms with Crippen LogP contribution in [-0.4, -0.2) is 10.9 Å². The fourth-order valence-electron chi connectivity index (χ4n) is 2.63. The van der Waals surface area contributed by atoms with Crippen LogP contribution in [0.15, 0.2) is 65.1 Å². The van der Waals surface area contributed by atoms with Crippen molar-refractivity contribution >= 4 is 57.5 Å². The molecule has 0 aliphatic rings. The highest BCUT2D eigenvalue weighted by molar-refractivity contribution is 6.44. The van der Waals surface area contributed by atoms with E-state index >= 15 is 0 Å². The number of aromatic nitrogens is 1. The SMILES string of the molecule is O=C(Nc1ccc(Cl)c(-c2nc3ccccc3o2)c1)c1cccc(Cl)c1Cl. The first-order valence-electron chi connectivity index (χ1n) is 7.94. The lowest BCUT2D eigenvalue weighted by molar-refractivity contribution is 0.102. The molecule has 0 aliphatic carbocycles. The number of hydrogen-bond donors (Lipinski definition) is 1. The van der Waals surface area contributed by atoms with Gasteiger partial charge in [-0.05, 0) is 42.5 Å². The standard InChI is InChI=1S/C20H11Cl3N2O2/c21-14-9-8-11(24-19(26)12-4-3-5-15(22)18(12)23)10-13(14)20-25-16-6-1-2-7-17(16)27-20/h1-10H,(H,24,26). The molecule has 0 bridgehead atoms. The van der Waals surface area contributed by atoms with Crippen molar-refractivity contribution in [1.82, 2.24) is 4.98 Å². The van der Waals surface area contributed by atoms with Crippen LogP contribution in [0.1, 0.15) is 10.4 Å². The Bertz CT molecular complexity index is 1140. The minimum absolute atomic E-state index is 0.199. The Morgan fingerprint density at radius 3 is 2.56 bits per heavy atom. The average Bonchev–Trinajstić information content (AvgIpc) is 3.09. The van der Waals surface area contributed by atoms with Crippen molar-refractivity contribution in [3.05, 3.63) is 81.3 Å². The molecule has 0 saturated carbocycles. The van der Waals surface area contributed by atoms with E-state index in [0.29, 0.717) is 32.8 Å². The van der Waals surface area contributed by atoms with Crippen LogP contribution in [-0.2, 0) is 0 Å². The van der Waals surface area contributed by atoms with E-state index < -0.39 is 0 Å². The summed E-state index contributed by atoms with van der Waals surface area (Å²) < 4.78 is 5.77. The third kappa shape index (κ3) is 3.52. The van der Waals surface area contributed by atoms with Gasteiger partial charge >= 0.3 is 0 Å². The molecular formula is C20H11Cl3N2O2. The van der Waals surface area contributed by atoms with E-state index in [0.717, 1.165) is 5.52 Å². The van der Waals surface area contributed by atoms with Crippen molar-refractivity contribution in [3.63, 3.8) is 0 Å². The lowest BCUT2D eigenvalue weighted by Gasteiger charge is -2.09. The first-order chi connectivity index (χ1) is 13.0. The third-order valence-electron chi connectivity index (χ3n) is 3.94. The summed E-state index contributed by atoms with van der Waals surface area (Å²) in [4.78, 5) is 17.0. The molecule has 0 fully saturated rings. The number of nitrogens with one attached hydrogen (secondary N) is 1. The highest BCUT2D eigenvalue weighted by Gasteiger charge is 2.16. The minimum atomic E-state index is -0.381. The van der Waals surface area contributed by atoms with Gasteiger partial charge in [-0.25, -0.2) is 4.98 Å².